The lowest BCUT2D eigenvalue weighted by atomic mass is 10.2. The molecule has 1 aromatic carbocycles. The third kappa shape index (κ3) is 4.23. The molecule has 1 aliphatic rings. The van der Waals surface area contributed by atoms with Gasteiger partial charge in [0.25, 0.3) is 0 Å². The molecule has 23 heavy (non-hydrogen) atoms. The maximum absolute atomic E-state index is 12.7. The Balaban J connectivity index is 2.06. The molecule has 0 N–H and O–H groups in total. The van der Waals surface area contributed by atoms with Gasteiger partial charge in [-0.05, 0) is 44.7 Å². The number of likely N-dealkylation sites (tertiary alicyclic amines) is 1. The summed E-state index contributed by atoms with van der Waals surface area (Å²) in [5, 5.41) is 0. The van der Waals surface area contributed by atoms with Gasteiger partial charge in [-0.25, -0.2) is 8.42 Å². The van der Waals surface area contributed by atoms with Gasteiger partial charge >= 0.3 is 0 Å². The van der Waals surface area contributed by atoms with Crippen LogP contribution in [0.2, 0.25) is 0 Å². The second kappa shape index (κ2) is 7.61. The summed E-state index contributed by atoms with van der Waals surface area (Å²) in [6, 6.07) is 6.72. The van der Waals surface area contributed by atoms with Gasteiger partial charge in [0.1, 0.15) is 5.75 Å². The van der Waals surface area contributed by atoms with Gasteiger partial charge in [-0.3, -0.25) is 4.90 Å². The maximum atomic E-state index is 12.7. The molecular formula is C16H26N2O4S. The van der Waals surface area contributed by atoms with Crippen molar-refractivity contribution in [2.75, 3.05) is 40.9 Å². The van der Waals surface area contributed by atoms with Gasteiger partial charge in [-0.15, -0.1) is 0 Å². The van der Waals surface area contributed by atoms with Gasteiger partial charge in [-0.1, -0.05) is 0 Å². The van der Waals surface area contributed by atoms with Crippen LogP contribution >= 0.6 is 0 Å². The molecule has 7 heteroatoms. The summed E-state index contributed by atoms with van der Waals surface area (Å²) in [4.78, 5) is 2.44. The smallest absolute Gasteiger partial charge is 0.242 e. The SMILES string of the molecule is CCOc1ccc(S(=O)(=O)N(C)C[C@@H]2C[C@H](OC)CN2C)cc1. The summed E-state index contributed by atoms with van der Waals surface area (Å²) in [7, 11) is 1.83. The van der Waals surface area contributed by atoms with Crippen molar-refractivity contribution in [1.82, 2.24) is 9.21 Å². The molecule has 0 aliphatic carbocycles. The van der Waals surface area contributed by atoms with Crippen LogP contribution in [0.25, 0.3) is 0 Å². The zero-order valence-electron chi connectivity index (χ0n) is 14.2. The zero-order valence-corrected chi connectivity index (χ0v) is 15.0. The molecule has 0 bridgehead atoms. The summed E-state index contributed by atoms with van der Waals surface area (Å²) in [6.45, 7) is 3.73. The second-order valence-electron chi connectivity index (χ2n) is 5.88. The number of likely N-dealkylation sites (N-methyl/N-ethyl adjacent to an activating group) is 2. The Hall–Kier alpha value is -1.15. The number of benzene rings is 1. The first-order valence-corrected chi connectivity index (χ1v) is 9.24. The molecule has 1 fully saturated rings. The van der Waals surface area contributed by atoms with E-state index >= 15 is 0 Å². The monoisotopic (exact) mass is 342 g/mol. The molecule has 1 saturated heterocycles. The Morgan fingerprint density at radius 3 is 2.48 bits per heavy atom. The van der Waals surface area contributed by atoms with E-state index in [1.165, 1.54) is 4.31 Å². The van der Waals surface area contributed by atoms with E-state index in [2.05, 4.69) is 4.90 Å². The van der Waals surface area contributed by atoms with Gasteiger partial charge in [0.2, 0.25) is 10.0 Å². The highest BCUT2D eigenvalue weighted by Gasteiger charge is 2.33. The molecule has 2 rings (SSSR count). The van der Waals surface area contributed by atoms with Crippen LogP contribution in [0.3, 0.4) is 0 Å². The van der Waals surface area contributed by atoms with Crippen LogP contribution in [0.5, 0.6) is 5.75 Å². The largest absolute Gasteiger partial charge is 0.494 e. The number of nitrogens with zero attached hydrogens (tertiary/aromatic N) is 2. The standard InChI is InChI=1S/C16H26N2O4S/c1-5-22-14-6-8-16(9-7-14)23(19,20)18(3)11-13-10-15(21-4)12-17(13)2/h6-9,13,15H,5,10-12H2,1-4H3/t13-,15-/m0/s1. The topological polar surface area (TPSA) is 59.1 Å². The van der Waals surface area contributed by atoms with Crippen LogP contribution in [0.4, 0.5) is 0 Å². The second-order valence-corrected chi connectivity index (χ2v) is 7.92. The first kappa shape index (κ1) is 18.2. The summed E-state index contributed by atoms with van der Waals surface area (Å²) in [6.07, 6.45) is 1.02. The normalized spacial score (nSPS) is 22.7. The lowest BCUT2D eigenvalue weighted by Crippen LogP contribution is -2.39. The van der Waals surface area contributed by atoms with E-state index < -0.39 is 10.0 Å². The lowest BCUT2D eigenvalue weighted by molar-refractivity contribution is 0.111. The highest BCUT2D eigenvalue weighted by molar-refractivity contribution is 7.89. The summed E-state index contributed by atoms with van der Waals surface area (Å²) >= 11 is 0. The van der Waals surface area contributed by atoms with E-state index in [1.807, 2.05) is 14.0 Å². The number of sulfonamides is 1. The Morgan fingerprint density at radius 1 is 1.30 bits per heavy atom. The fraction of sp³-hybridized carbons (Fsp3) is 0.625. The number of methoxy groups -OCH3 is 1. The van der Waals surface area contributed by atoms with Crippen molar-refractivity contribution in [2.45, 2.75) is 30.4 Å². The molecule has 1 aliphatic heterocycles. The molecule has 0 spiro atoms. The quantitative estimate of drug-likeness (QED) is 0.750. The van der Waals surface area contributed by atoms with Crippen molar-refractivity contribution in [1.29, 1.82) is 0 Å². The highest BCUT2D eigenvalue weighted by Crippen LogP contribution is 2.23. The van der Waals surface area contributed by atoms with Crippen LogP contribution < -0.4 is 4.74 Å². The Labute approximate surface area is 139 Å². The molecule has 0 saturated carbocycles. The van der Waals surface area contributed by atoms with E-state index in [9.17, 15) is 8.42 Å². The van der Waals surface area contributed by atoms with Gasteiger partial charge in [0.05, 0.1) is 17.6 Å². The highest BCUT2D eigenvalue weighted by atomic mass is 32.2. The molecule has 0 radical (unpaired) electrons. The molecular weight excluding hydrogens is 316 g/mol. The van der Waals surface area contributed by atoms with Crippen molar-refractivity contribution in [3.05, 3.63) is 24.3 Å². The molecule has 130 valence electrons. The van der Waals surface area contributed by atoms with Crippen LogP contribution in [0.1, 0.15) is 13.3 Å². The van der Waals surface area contributed by atoms with Gasteiger partial charge in [-0.2, -0.15) is 4.31 Å². The number of ether oxygens (including phenoxy) is 2. The van der Waals surface area contributed by atoms with E-state index in [-0.39, 0.29) is 17.0 Å². The molecule has 1 aromatic rings. The zero-order chi connectivity index (χ0) is 17.0. The maximum Gasteiger partial charge on any atom is 0.242 e. The van der Waals surface area contributed by atoms with Gasteiger partial charge in [0.15, 0.2) is 0 Å². The molecule has 2 atom stereocenters. The third-order valence-electron chi connectivity index (χ3n) is 4.29. The molecule has 0 unspecified atom stereocenters. The van der Waals surface area contributed by atoms with Crippen LogP contribution in [0, 0.1) is 0 Å². The average Bonchev–Trinajstić information content (AvgIpc) is 2.88. The van der Waals surface area contributed by atoms with Crippen molar-refractivity contribution < 1.29 is 17.9 Å². The van der Waals surface area contributed by atoms with E-state index in [1.54, 1.807) is 38.4 Å². The third-order valence-corrected chi connectivity index (χ3v) is 6.13. The van der Waals surface area contributed by atoms with Gasteiger partial charge < -0.3 is 9.47 Å². The van der Waals surface area contributed by atoms with E-state index in [4.69, 9.17) is 9.47 Å². The lowest BCUT2D eigenvalue weighted by Gasteiger charge is -2.25. The summed E-state index contributed by atoms with van der Waals surface area (Å²) in [5.41, 5.74) is 0. The summed E-state index contributed by atoms with van der Waals surface area (Å²) < 4.78 is 37.5. The minimum Gasteiger partial charge on any atom is -0.494 e. The number of hydrogen-bond donors (Lipinski definition) is 0. The fourth-order valence-corrected chi connectivity index (χ4v) is 4.07. The average molecular weight is 342 g/mol. The fourth-order valence-electron chi connectivity index (χ4n) is 2.86. The molecule has 0 amide bonds. The van der Waals surface area contributed by atoms with E-state index in [0.29, 0.717) is 18.9 Å². The Morgan fingerprint density at radius 2 is 1.96 bits per heavy atom. The van der Waals surface area contributed by atoms with Crippen LogP contribution in [-0.2, 0) is 14.8 Å². The van der Waals surface area contributed by atoms with Crippen molar-refractivity contribution in [2.24, 2.45) is 0 Å². The van der Waals surface area contributed by atoms with Crippen LogP contribution in [0.15, 0.2) is 29.2 Å². The number of hydrogen-bond acceptors (Lipinski definition) is 5. The number of rotatable bonds is 7. The van der Waals surface area contributed by atoms with Crippen molar-refractivity contribution in [3.63, 3.8) is 0 Å². The minimum atomic E-state index is -3.50. The Bertz CT molecular complexity index is 603. The molecule has 6 nitrogen and oxygen atoms in total. The van der Waals surface area contributed by atoms with Crippen LogP contribution in [-0.4, -0.2) is 70.7 Å². The first-order chi connectivity index (χ1) is 10.9. The predicted octanol–water partition coefficient (Wildman–Crippen LogP) is 1.42. The predicted molar refractivity (Wildman–Crippen MR) is 89.3 cm³/mol. The molecule has 1 heterocycles. The summed E-state index contributed by atoms with van der Waals surface area (Å²) in [5.74, 6) is 0.674. The first-order valence-electron chi connectivity index (χ1n) is 7.80. The van der Waals surface area contributed by atoms with Crippen molar-refractivity contribution >= 4 is 10.0 Å². The minimum absolute atomic E-state index is 0.169. The van der Waals surface area contributed by atoms with Crippen molar-refractivity contribution in [3.8, 4) is 5.75 Å². The van der Waals surface area contributed by atoms with E-state index in [0.717, 1.165) is 13.0 Å². The van der Waals surface area contributed by atoms with Gasteiger partial charge in [0, 0.05) is 33.3 Å². The Kier molecular flexibility index (Phi) is 6.02. The molecule has 0 aromatic heterocycles.